The Kier molecular flexibility index (Phi) is 3.92. The lowest BCUT2D eigenvalue weighted by Gasteiger charge is -2.10. The van der Waals surface area contributed by atoms with E-state index < -0.39 is 5.97 Å². The fourth-order valence-electron chi connectivity index (χ4n) is 1.47. The number of ether oxygens (including phenoxy) is 1. The van der Waals surface area contributed by atoms with Gasteiger partial charge < -0.3 is 9.84 Å². The summed E-state index contributed by atoms with van der Waals surface area (Å²) in [6.07, 6.45) is 1.66. The van der Waals surface area contributed by atoms with E-state index in [1.807, 2.05) is 0 Å². The summed E-state index contributed by atoms with van der Waals surface area (Å²) in [7, 11) is 1.72. The van der Waals surface area contributed by atoms with Crippen molar-refractivity contribution in [3.05, 3.63) is 39.6 Å². The van der Waals surface area contributed by atoms with Crippen LogP contribution in [0, 0.1) is 0 Å². The van der Waals surface area contributed by atoms with Crippen LogP contribution >= 0.6 is 23.2 Å². The molecule has 0 saturated heterocycles. The van der Waals surface area contributed by atoms with Crippen LogP contribution in [0.1, 0.15) is 16.1 Å². The Morgan fingerprint density at radius 2 is 2.21 bits per heavy atom. The van der Waals surface area contributed by atoms with Crippen LogP contribution < -0.4 is 4.74 Å². The molecule has 0 radical (unpaired) electrons. The second-order valence-corrected chi connectivity index (χ2v) is 4.59. The highest BCUT2D eigenvalue weighted by Crippen LogP contribution is 2.32. The summed E-state index contributed by atoms with van der Waals surface area (Å²) in [5.74, 6) is -1.11. The molecule has 0 amide bonds. The van der Waals surface area contributed by atoms with Gasteiger partial charge in [0, 0.05) is 12.1 Å². The van der Waals surface area contributed by atoms with Gasteiger partial charge in [0.05, 0.1) is 11.2 Å². The summed E-state index contributed by atoms with van der Waals surface area (Å²) in [6.45, 7) is 0.0650. The zero-order chi connectivity index (χ0) is 14.0. The first-order valence-corrected chi connectivity index (χ1v) is 5.93. The molecule has 2 aromatic rings. The Morgan fingerprint density at radius 1 is 1.47 bits per heavy atom. The highest BCUT2D eigenvalue weighted by molar-refractivity contribution is 6.36. The van der Waals surface area contributed by atoms with Gasteiger partial charge in [-0.2, -0.15) is 0 Å². The molecule has 100 valence electrons. The maximum atomic E-state index is 11.1. The zero-order valence-corrected chi connectivity index (χ0v) is 11.3. The van der Waals surface area contributed by atoms with Crippen molar-refractivity contribution in [2.45, 2.75) is 6.61 Å². The number of aromatic carboxylic acids is 1. The number of rotatable bonds is 4. The smallest absolute Gasteiger partial charge is 0.339 e. The fraction of sp³-hybridized carbons (Fsp3) is 0.182. The van der Waals surface area contributed by atoms with Gasteiger partial charge in [0.2, 0.25) is 0 Å². The molecule has 0 aliphatic carbocycles. The normalized spacial score (nSPS) is 10.5. The molecular formula is C11H9Cl2N3O3. The SMILES string of the molecule is Cn1cc(COc2c(Cl)cc(Cl)cc2C(=O)O)nn1. The van der Waals surface area contributed by atoms with Gasteiger partial charge >= 0.3 is 5.97 Å². The fourth-order valence-corrected chi connectivity index (χ4v) is 2.02. The minimum atomic E-state index is -1.17. The number of aromatic nitrogens is 3. The van der Waals surface area contributed by atoms with E-state index in [0.717, 1.165) is 0 Å². The molecule has 0 aliphatic rings. The monoisotopic (exact) mass is 301 g/mol. The number of nitrogens with zero attached hydrogens (tertiary/aromatic N) is 3. The predicted octanol–water partition coefficient (Wildman–Crippen LogP) is 2.40. The van der Waals surface area contributed by atoms with Crippen LogP contribution in [0.25, 0.3) is 0 Å². The summed E-state index contributed by atoms with van der Waals surface area (Å²) in [4.78, 5) is 11.1. The van der Waals surface area contributed by atoms with Crippen molar-refractivity contribution < 1.29 is 14.6 Å². The highest BCUT2D eigenvalue weighted by atomic mass is 35.5. The van der Waals surface area contributed by atoms with Crippen molar-refractivity contribution >= 4 is 29.2 Å². The Labute approximate surface area is 118 Å². The van der Waals surface area contributed by atoms with E-state index in [0.29, 0.717) is 5.69 Å². The van der Waals surface area contributed by atoms with Gasteiger partial charge in [-0.25, -0.2) is 4.79 Å². The predicted molar refractivity (Wildman–Crippen MR) is 68.8 cm³/mol. The van der Waals surface area contributed by atoms with E-state index in [4.69, 9.17) is 33.0 Å². The van der Waals surface area contributed by atoms with Crippen molar-refractivity contribution in [3.63, 3.8) is 0 Å². The number of carboxylic acids is 1. The third-order valence-corrected chi connectivity index (χ3v) is 2.75. The van der Waals surface area contributed by atoms with E-state index in [1.165, 1.54) is 16.8 Å². The number of benzene rings is 1. The molecule has 0 bridgehead atoms. The lowest BCUT2D eigenvalue weighted by molar-refractivity contribution is 0.0691. The second kappa shape index (κ2) is 5.46. The van der Waals surface area contributed by atoms with Crippen LogP contribution in [0.5, 0.6) is 5.75 Å². The van der Waals surface area contributed by atoms with E-state index in [1.54, 1.807) is 13.2 Å². The number of aryl methyl sites for hydroxylation is 1. The van der Waals surface area contributed by atoms with Crippen molar-refractivity contribution in [3.8, 4) is 5.75 Å². The van der Waals surface area contributed by atoms with Crippen LogP contribution in [0.3, 0.4) is 0 Å². The Morgan fingerprint density at radius 3 is 2.79 bits per heavy atom. The molecule has 0 unspecified atom stereocenters. The molecule has 1 aromatic carbocycles. The molecule has 0 aliphatic heterocycles. The third kappa shape index (κ3) is 3.15. The van der Waals surface area contributed by atoms with E-state index in [9.17, 15) is 4.79 Å². The first kappa shape index (κ1) is 13.6. The number of hydrogen-bond donors (Lipinski definition) is 1. The summed E-state index contributed by atoms with van der Waals surface area (Å²) in [6, 6.07) is 2.70. The van der Waals surface area contributed by atoms with Crippen molar-refractivity contribution in [2.24, 2.45) is 7.05 Å². The lowest BCUT2D eigenvalue weighted by Crippen LogP contribution is -2.04. The first-order valence-electron chi connectivity index (χ1n) is 5.17. The molecular weight excluding hydrogens is 293 g/mol. The Hall–Kier alpha value is -1.79. The van der Waals surface area contributed by atoms with Crippen LogP contribution in [-0.4, -0.2) is 26.1 Å². The average molecular weight is 302 g/mol. The maximum absolute atomic E-state index is 11.1. The molecule has 0 spiro atoms. The molecule has 1 heterocycles. The quantitative estimate of drug-likeness (QED) is 0.938. The molecule has 0 atom stereocenters. The molecule has 8 heteroatoms. The molecule has 2 rings (SSSR count). The van der Waals surface area contributed by atoms with Gasteiger partial charge in [-0.3, -0.25) is 4.68 Å². The maximum Gasteiger partial charge on any atom is 0.339 e. The Bertz CT molecular complexity index is 628. The van der Waals surface area contributed by atoms with Gasteiger partial charge in [0.1, 0.15) is 17.9 Å². The summed E-state index contributed by atoms with van der Waals surface area (Å²) < 4.78 is 6.91. The van der Waals surface area contributed by atoms with Crippen LogP contribution in [0.15, 0.2) is 18.3 Å². The molecule has 6 nitrogen and oxygen atoms in total. The van der Waals surface area contributed by atoms with Crippen molar-refractivity contribution in [1.82, 2.24) is 15.0 Å². The van der Waals surface area contributed by atoms with Crippen molar-refractivity contribution in [2.75, 3.05) is 0 Å². The number of hydrogen-bond acceptors (Lipinski definition) is 4. The minimum Gasteiger partial charge on any atom is -0.485 e. The number of carboxylic acid groups (broad SMARTS) is 1. The average Bonchev–Trinajstić information content (AvgIpc) is 2.73. The van der Waals surface area contributed by atoms with Gasteiger partial charge in [0.25, 0.3) is 0 Å². The standard InChI is InChI=1S/C11H9Cl2N3O3/c1-16-4-7(14-15-16)5-19-10-8(11(17)18)2-6(12)3-9(10)13/h2-4H,5H2,1H3,(H,17,18). The van der Waals surface area contributed by atoms with Gasteiger partial charge in [-0.1, -0.05) is 28.4 Å². The second-order valence-electron chi connectivity index (χ2n) is 3.74. The minimum absolute atomic E-state index is 0.0595. The molecule has 1 N–H and O–H groups in total. The van der Waals surface area contributed by atoms with Gasteiger partial charge in [0.15, 0.2) is 5.75 Å². The van der Waals surface area contributed by atoms with Crippen LogP contribution in [0.4, 0.5) is 0 Å². The molecule has 0 fully saturated rings. The van der Waals surface area contributed by atoms with E-state index >= 15 is 0 Å². The summed E-state index contributed by atoms with van der Waals surface area (Å²) in [5, 5.41) is 17.0. The molecule has 1 aromatic heterocycles. The lowest BCUT2D eigenvalue weighted by atomic mass is 10.2. The first-order chi connectivity index (χ1) is 8.97. The number of halogens is 2. The van der Waals surface area contributed by atoms with E-state index in [-0.39, 0.29) is 28.0 Å². The molecule has 0 saturated carbocycles. The largest absolute Gasteiger partial charge is 0.485 e. The van der Waals surface area contributed by atoms with Crippen LogP contribution in [0.2, 0.25) is 10.0 Å². The highest BCUT2D eigenvalue weighted by Gasteiger charge is 2.17. The van der Waals surface area contributed by atoms with Gasteiger partial charge in [-0.15, -0.1) is 5.10 Å². The van der Waals surface area contributed by atoms with Crippen LogP contribution in [-0.2, 0) is 13.7 Å². The molecule has 19 heavy (non-hydrogen) atoms. The van der Waals surface area contributed by atoms with Gasteiger partial charge in [-0.05, 0) is 12.1 Å². The third-order valence-electron chi connectivity index (χ3n) is 2.25. The Balaban J connectivity index is 2.26. The van der Waals surface area contributed by atoms with E-state index in [2.05, 4.69) is 10.3 Å². The zero-order valence-electron chi connectivity index (χ0n) is 9.80. The van der Waals surface area contributed by atoms with Crippen molar-refractivity contribution in [1.29, 1.82) is 0 Å². The summed E-state index contributed by atoms with van der Waals surface area (Å²) >= 11 is 11.7. The number of carbonyl (C=O) groups is 1. The topological polar surface area (TPSA) is 77.2 Å². The summed E-state index contributed by atoms with van der Waals surface area (Å²) in [5.41, 5.74) is 0.464.